The number of carbonyl (C=O) groups is 1. The number of nitrogens with two attached hydrogens (primary N) is 1. The highest BCUT2D eigenvalue weighted by Gasteiger charge is 2.17. The zero-order chi connectivity index (χ0) is 15.6. The van der Waals surface area contributed by atoms with Crippen molar-refractivity contribution in [3.63, 3.8) is 0 Å². The van der Waals surface area contributed by atoms with Gasteiger partial charge in [0.15, 0.2) is 17.5 Å². The van der Waals surface area contributed by atoms with Gasteiger partial charge in [0, 0.05) is 5.02 Å². The van der Waals surface area contributed by atoms with Crippen LogP contribution < -0.4 is 16.6 Å². The maximum Gasteiger partial charge on any atom is 0.257 e. The fourth-order valence-electron chi connectivity index (χ4n) is 1.64. The van der Waals surface area contributed by atoms with Crippen LogP contribution in [0.3, 0.4) is 0 Å². The van der Waals surface area contributed by atoms with Crippen molar-refractivity contribution in [1.29, 1.82) is 0 Å². The molecular weight excluding hydrogens is 307 g/mol. The van der Waals surface area contributed by atoms with Gasteiger partial charge in [-0.2, -0.15) is 0 Å². The van der Waals surface area contributed by atoms with Gasteiger partial charge in [0.1, 0.15) is 0 Å². The average Bonchev–Trinajstić information content (AvgIpc) is 2.47. The highest BCUT2D eigenvalue weighted by molar-refractivity contribution is 6.31. The summed E-state index contributed by atoms with van der Waals surface area (Å²) in [5.41, 5.74) is 2.04. The number of rotatable bonds is 3. The van der Waals surface area contributed by atoms with Crippen molar-refractivity contribution in [3.05, 3.63) is 58.4 Å². The molecule has 4 N–H and O–H groups in total. The molecule has 0 spiro atoms. The van der Waals surface area contributed by atoms with E-state index >= 15 is 0 Å². The largest absolute Gasteiger partial charge is 0.323 e. The van der Waals surface area contributed by atoms with Crippen molar-refractivity contribution in [1.82, 2.24) is 0 Å². The van der Waals surface area contributed by atoms with Gasteiger partial charge in [-0.05, 0) is 30.3 Å². The summed E-state index contributed by atoms with van der Waals surface area (Å²) in [5, 5.41) is 2.38. The zero-order valence-corrected chi connectivity index (χ0v) is 11.1. The minimum atomic E-state index is -1.67. The Morgan fingerprint density at radius 3 is 2.38 bits per heavy atom. The third kappa shape index (κ3) is 3.09. The number of halogens is 4. The molecule has 0 aliphatic carbocycles. The van der Waals surface area contributed by atoms with Gasteiger partial charge in [-0.25, -0.2) is 13.2 Å². The van der Waals surface area contributed by atoms with Gasteiger partial charge in [-0.3, -0.25) is 10.6 Å². The third-order valence-electron chi connectivity index (χ3n) is 2.67. The smallest absolute Gasteiger partial charge is 0.257 e. The molecule has 110 valence electrons. The van der Waals surface area contributed by atoms with E-state index in [2.05, 4.69) is 10.7 Å². The fraction of sp³-hybridized carbons (Fsp3) is 0. The molecule has 8 heteroatoms. The minimum Gasteiger partial charge on any atom is -0.323 e. The van der Waals surface area contributed by atoms with Gasteiger partial charge in [0.25, 0.3) is 5.91 Å². The van der Waals surface area contributed by atoms with E-state index in [1.54, 1.807) is 0 Å². The first-order chi connectivity index (χ1) is 9.93. The van der Waals surface area contributed by atoms with Crippen LogP contribution in [0.2, 0.25) is 5.02 Å². The van der Waals surface area contributed by atoms with Crippen LogP contribution in [-0.4, -0.2) is 5.91 Å². The first kappa shape index (κ1) is 15.1. The highest BCUT2D eigenvalue weighted by atomic mass is 35.5. The molecule has 0 bridgehead atoms. The predicted octanol–water partition coefficient (Wildman–Crippen LogP) is 3.30. The van der Waals surface area contributed by atoms with Gasteiger partial charge in [0.05, 0.1) is 16.9 Å². The summed E-state index contributed by atoms with van der Waals surface area (Å²) in [6, 6.07) is 5.84. The van der Waals surface area contributed by atoms with E-state index in [1.807, 2.05) is 0 Å². The van der Waals surface area contributed by atoms with Gasteiger partial charge in [-0.15, -0.1) is 0 Å². The lowest BCUT2D eigenvalue weighted by atomic mass is 10.1. The fourth-order valence-corrected chi connectivity index (χ4v) is 1.81. The van der Waals surface area contributed by atoms with Crippen molar-refractivity contribution >= 4 is 28.9 Å². The summed E-state index contributed by atoms with van der Waals surface area (Å²) in [4.78, 5) is 12.0. The number of hydrazine groups is 1. The van der Waals surface area contributed by atoms with Gasteiger partial charge < -0.3 is 10.7 Å². The summed E-state index contributed by atoms with van der Waals surface area (Å²) in [5.74, 6) is -0.0458. The topological polar surface area (TPSA) is 67.1 Å². The molecule has 0 heterocycles. The molecule has 0 aliphatic rings. The molecule has 21 heavy (non-hydrogen) atoms. The molecular formula is C13H9ClF3N3O. The van der Waals surface area contributed by atoms with Crippen molar-refractivity contribution in [2.24, 2.45) is 5.84 Å². The molecule has 0 aromatic heterocycles. The Hall–Kier alpha value is -2.25. The maximum absolute atomic E-state index is 13.5. The SMILES string of the molecule is NNc1ccc(Cl)cc1C(=O)Nc1ccc(F)c(F)c1F. The monoisotopic (exact) mass is 315 g/mol. The molecule has 1 amide bonds. The van der Waals surface area contributed by atoms with Crippen molar-refractivity contribution < 1.29 is 18.0 Å². The van der Waals surface area contributed by atoms with Gasteiger partial charge in [0.2, 0.25) is 0 Å². The molecule has 0 unspecified atom stereocenters. The number of nitrogen functional groups attached to an aromatic ring is 1. The number of hydrogen-bond donors (Lipinski definition) is 3. The zero-order valence-electron chi connectivity index (χ0n) is 10.4. The van der Waals surface area contributed by atoms with Crippen molar-refractivity contribution in [2.45, 2.75) is 0 Å². The van der Waals surface area contributed by atoms with Crippen LogP contribution >= 0.6 is 11.6 Å². The molecule has 2 rings (SSSR count). The van der Waals surface area contributed by atoms with Crippen LogP contribution in [0, 0.1) is 17.5 Å². The van der Waals surface area contributed by atoms with Crippen LogP contribution in [-0.2, 0) is 0 Å². The lowest BCUT2D eigenvalue weighted by molar-refractivity contribution is 0.102. The number of benzene rings is 2. The standard InChI is InChI=1S/C13H9ClF3N3O/c14-6-1-3-9(20-18)7(5-6)13(21)19-10-4-2-8(15)11(16)12(10)17/h1-5,20H,18H2,(H,19,21). The summed E-state index contributed by atoms with van der Waals surface area (Å²) < 4.78 is 39.4. The Balaban J connectivity index is 2.35. The molecule has 2 aromatic rings. The first-order valence-electron chi connectivity index (χ1n) is 5.65. The second-order valence-electron chi connectivity index (χ2n) is 4.01. The van der Waals surface area contributed by atoms with Crippen molar-refractivity contribution in [2.75, 3.05) is 10.7 Å². The van der Waals surface area contributed by atoms with Gasteiger partial charge in [-0.1, -0.05) is 11.6 Å². The van der Waals surface area contributed by atoms with Crippen LogP contribution in [0.15, 0.2) is 30.3 Å². The molecule has 0 atom stereocenters. The second-order valence-corrected chi connectivity index (χ2v) is 4.45. The lowest BCUT2D eigenvalue weighted by Crippen LogP contribution is -2.18. The second kappa shape index (κ2) is 6.02. The van der Waals surface area contributed by atoms with E-state index in [1.165, 1.54) is 18.2 Å². The molecule has 4 nitrogen and oxygen atoms in total. The molecule has 0 fully saturated rings. The van der Waals surface area contributed by atoms with Crippen LogP contribution in [0.5, 0.6) is 0 Å². The molecule has 2 aromatic carbocycles. The number of hydrogen-bond acceptors (Lipinski definition) is 3. The maximum atomic E-state index is 13.5. The summed E-state index contributed by atoms with van der Waals surface area (Å²) >= 11 is 5.77. The highest BCUT2D eigenvalue weighted by Crippen LogP contribution is 2.24. The Morgan fingerprint density at radius 2 is 1.71 bits per heavy atom. The van der Waals surface area contributed by atoms with E-state index in [-0.39, 0.29) is 16.3 Å². The first-order valence-corrected chi connectivity index (χ1v) is 6.03. The van der Waals surface area contributed by atoms with E-state index in [0.717, 1.165) is 6.07 Å². The number of amides is 1. The number of carbonyl (C=O) groups excluding carboxylic acids is 1. The Kier molecular flexibility index (Phi) is 4.35. The molecule has 0 saturated heterocycles. The van der Waals surface area contributed by atoms with E-state index in [9.17, 15) is 18.0 Å². The minimum absolute atomic E-state index is 0.0223. The normalized spacial score (nSPS) is 10.3. The average molecular weight is 316 g/mol. The van der Waals surface area contributed by atoms with E-state index < -0.39 is 29.0 Å². The van der Waals surface area contributed by atoms with Gasteiger partial charge >= 0.3 is 0 Å². The molecule has 0 saturated carbocycles. The van der Waals surface area contributed by atoms with Crippen LogP contribution in [0.1, 0.15) is 10.4 Å². The number of nitrogens with one attached hydrogen (secondary N) is 2. The summed E-state index contributed by atoms with van der Waals surface area (Å²) in [6.07, 6.45) is 0. The summed E-state index contributed by atoms with van der Waals surface area (Å²) in [6.45, 7) is 0. The van der Waals surface area contributed by atoms with E-state index in [0.29, 0.717) is 6.07 Å². The Bertz CT molecular complexity index is 709. The Morgan fingerprint density at radius 1 is 1.05 bits per heavy atom. The quantitative estimate of drug-likeness (QED) is 0.462. The lowest BCUT2D eigenvalue weighted by Gasteiger charge is -2.11. The van der Waals surface area contributed by atoms with Crippen LogP contribution in [0.25, 0.3) is 0 Å². The molecule has 0 aliphatic heterocycles. The Labute approximate surface area is 122 Å². The number of anilines is 2. The van der Waals surface area contributed by atoms with E-state index in [4.69, 9.17) is 17.4 Å². The summed E-state index contributed by atoms with van der Waals surface area (Å²) in [7, 11) is 0. The predicted molar refractivity (Wildman–Crippen MR) is 73.5 cm³/mol. The third-order valence-corrected chi connectivity index (χ3v) is 2.90. The molecule has 0 radical (unpaired) electrons. The van der Waals surface area contributed by atoms with Crippen molar-refractivity contribution in [3.8, 4) is 0 Å². The van der Waals surface area contributed by atoms with Crippen LogP contribution in [0.4, 0.5) is 24.5 Å².